The van der Waals surface area contributed by atoms with Gasteiger partial charge in [0.05, 0.1) is 29.4 Å². The Balaban J connectivity index is 1.33. The molecular weight excluding hydrogens is 552 g/mol. The zero-order valence-corrected chi connectivity index (χ0v) is 25.6. The smallest absolute Gasteiger partial charge is 0.251 e. The Kier molecular flexibility index (Phi) is 7.26. The molecule has 3 aromatic carbocycles. The largest absolute Gasteiger partial charge is 0.496 e. The third-order valence-corrected chi connectivity index (χ3v) is 8.77. The first-order valence-corrected chi connectivity index (χ1v) is 15.3. The van der Waals surface area contributed by atoms with Gasteiger partial charge in [-0.2, -0.15) is 0 Å². The van der Waals surface area contributed by atoms with Crippen molar-refractivity contribution in [1.82, 2.24) is 30.3 Å². The predicted octanol–water partition coefficient (Wildman–Crippen LogP) is 6.74. The molecule has 4 heterocycles. The van der Waals surface area contributed by atoms with E-state index in [2.05, 4.69) is 32.5 Å². The van der Waals surface area contributed by atoms with Gasteiger partial charge in [0, 0.05) is 40.7 Å². The Morgan fingerprint density at radius 2 is 1.77 bits per heavy atom. The van der Waals surface area contributed by atoms with Gasteiger partial charge in [0.1, 0.15) is 23.0 Å². The van der Waals surface area contributed by atoms with Crippen LogP contribution in [0, 0.1) is 20.8 Å². The quantitative estimate of drug-likeness (QED) is 0.213. The molecule has 1 fully saturated rings. The summed E-state index contributed by atoms with van der Waals surface area (Å²) in [5, 5.41) is 11.0. The van der Waals surface area contributed by atoms with Gasteiger partial charge in [0.15, 0.2) is 0 Å². The molecule has 0 saturated carbocycles. The number of H-pyrrole nitrogens is 1. The van der Waals surface area contributed by atoms with Gasteiger partial charge >= 0.3 is 0 Å². The van der Waals surface area contributed by atoms with Crippen molar-refractivity contribution in [1.29, 1.82) is 0 Å². The summed E-state index contributed by atoms with van der Waals surface area (Å²) in [6, 6.07) is 16.1. The number of benzene rings is 3. The maximum absolute atomic E-state index is 13.4. The lowest BCUT2D eigenvalue weighted by Crippen LogP contribution is -2.37. The summed E-state index contributed by atoms with van der Waals surface area (Å²) >= 11 is 0. The van der Waals surface area contributed by atoms with Gasteiger partial charge in [-0.1, -0.05) is 41.9 Å². The van der Waals surface area contributed by atoms with E-state index < -0.39 is 0 Å². The highest BCUT2D eigenvalue weighted by atomic mass is 16.5. The SMILES string of the molecule is COc1cc2c(cc1-c1c(C)noc1C)[nH]c1nc(C)nc(-c3ccc(C(=O)NCCN4CCCCC4)c4ccccc34)c12. The standard InChI is InChI=1S/C35H36N6O3/c1-20-31(21(2)44-40-20)28-18-29-27(19-30(28)43-4)32-33(37-22(3)38-34(32)39-29)25-12-13-26(24-11-7-6-10-23(24)25)35(42)36-14-17-41-15-8-5-9-16-41/h6-7,10-13,18-19H,5,8-9,14-17H2,1-4H3,(H,36,42)(H,37,38,39). The first kappa shape index (κ1) is 28.0. The fourth-order valence-corrected chi connectivity index (χ4v) is 6.67. The molecular formula is C35H36N6O3. The van der Waals surface area contributed by atoms with Crippen molar-refractivity contribution in [3.05, 3.63) is 71.4 Å². The lowest BCUT2D eigenvalue weighted by Gasteiger charge is -2.26. The van der Waals surface area contributed by atoms with Gasteiger partial charge in [0.2, 0.25) is 0 Å². The molecule has 1 saturated heterocycles. The molecule has 9 heteroatoms. The van der Waals surface area contributed by atoms with Crippen molar-refractivity contribution in [2.75, 3.05) is 33.3 Å². The number of piperidine rings is 1. The van der Waals surface area contributed by atoms with Crippen molar-refractivity contribution < 1.29 is 14.1 Å². The molecule has 0 atom stereocenters. The first-order chi connectivity index (χ1) is 21.4. The van der Waals surface area contributed by atoms with Crippen LogP contribution in [0.1, 0.15) is 46.9 Å². The second kappa shape index (κ2) is 11.4. The van der Waals surface area contributed by atoms with Crippen LogP contribution in [0.4, 0.5) is 0 Å². The number of aromatic nitrogens is 4. The van der Waals surface area contributed by atoms with Crippen LogP contribution < -0.4 is 10.1 Å². The van der Waals surface area contributed by atoms with Gasteiger partial charge in [-0.15, -0.1) is 0 Å². The average molecular weight is 589 g/mol. The first-order valence-electron chi connectivity index (χ1n) is 15.3. The molecule has 0 radical (unpaired) electrons. The van der Waals surface area contributed by atoms with E-state index in [0.29, 0.717) is 23.7 Å². The minimum Gasteiger partial charge on any atom is -0.496 e. The van der Waals surface area contributed by atoms with Crippen molar-refractivity contribution in [3.63, 3.8) is 0 Å². The Morgan fingerprint density at radius 3 is 2.52 bits per heavy atom. The Labute approximate surface area is 255 Å². The van der Waals surface area contributed by atoms with Gasteiger partial charge < -0.3 is 24.5 Å². The van der Waals surface area contributed by atoms with Gasteiger partial charge in [-0.3, -0.25) is 4.79 Å². The molecule has 7 rings (SSSR count). The van der Waals surface area contributed by atoms with Crippen molar-refractivity contribution in [2.45, 2.75) is 40.0 Å². The number of likely N-dealkylation sites (tertiary alicyclic amines) is 1. The van der Waals surface area contributed by atoms with Crippen LogP contribution in [0.15, 0.2) is 53.1 Å². The average Bonchev–Trinajstić information content (AvgIpc) is 3.57. The van der Waals surface area contributed by atoms with E-state index in [1.165, 1.54) is 19.3 Å². The van der Waals surface area contributed by atoms with Crippen LogP contribution in [0.2, 0.25) is 0 Å². The van der Waals surface area contributed by atoms with E-state index in [4.69, 9.17) is 19.2 Å². The Hall–Kier alpha value is -4.76. The van der Waals surface area contributed by atoms with Crippen LogP contribution in [-0.4, -0.2) is 64.2 Å². The highest BCUT2D eigenvalue weighted by Crippen LogP contribution is 2.42. The predicted molar refractivity (Wildman–Crippen MR) is 173 cm³/mol. The summed E-state index contributed by atoms with van der Waals surface area (Å²) in [7, 11) is 1.67. The number of carbonyl (C=O) groups excluding carboxylic acids is 1. The number of rotatable bonds is 7. The van der Waals surface area contributed by atoms with Crippen LogP contribution in [0.3, 0.4) is 0 Å². The number of aryl methyl sites for hydroxylation is 3. The summed E-state index contributed by atoms with van der Waals surface area (Å²) in [4.78, 5) is 29.1. The summed E-state index contributed by atoms with van der Waals surface area (Å²) in [6.07, 6.45) is 3.78. The maximum atomic E-state index is 13.4. The third-order valence-electron chi connectivity index (χ3n) is 8.77. The van der Waals surface area contributed by atoms with Gasteiger partial charge in [0.25, 0.3) is 5.91 Å². The molecule has 44 heavy (non-hydrogen) atoms. The molecule has 0 unspecified atom stereocenters. The third kappa shape index (κ3) is 4.87. The summed E-state index contributed by atoms with van der Waals surface area (Å²) in [5.41, 5.74) is 6.67. The van der Waals surface area contributed by atoms with Crippen LogP contribution >= 0.6 is 0 Å². The number of methoxy groups -OCH3 is 1. The van der Waals surface area contributed by atoms with Crippen molar-refractivity contribution in [3.8, 4) is 28.1 Å². The number of ether oxygens (including phenoxy) is 1. The van der Waals surface area contributed by atoms with Crippen LogP contribution in [0.25, 0.3) is 55.1 Å². The minimum absolute atomic E-state index is 0.0579. The number of nitrogens with zero attached hydrogens (tertiary/aromatic N) is 4. The van der Waals surface area contributed by atoms with E-state index in [0.717, 1.165) is 86.2 Å². The van der Waals surface area contributed by atoms with Crippen LogP contribution in [0.5, 0.6) is 5.75 Å². The number of hydrogen-bond acceptors (Lipinski definition) is 7. The van der Waals surface area contributed by atoms with Crippen molar-refractivity contribution in [2.24, 2.45) is 0 Å². The lowest BCUT2D eigenvalue weighted by atomic mass is 9.95. The molecule has 2 N–H and O–H groups in total. The monoisotopic (exact) mass is 588 g/mol. The minimum atomic E-state index is -0.0579. The maximum Gasteiger partial charge on any atom is 0.251 e. The van der Waals surface area contributed by atoms with Crippen LogP contribution in [-0.2, 0) is 0 Å². The zero-order valence-electron chi connectivity index (χ0n) is 25.6. The molecule has 0 bridgehead atoms. The van der Waals surface area contributed by atoms with Gasteiger partial charge in [-0.05, 0) is 75.7 Å². The van der Waals surface area contributed by atoms with Crippen molar-refractivity contribution >= 4 is 38.6 Å². The molecule has 1 amide bonds. The Morgan fingerprint density at radius 1 is 0.977 bits per heavy atom. The number of hydrogen-bond donors (Lipinski definition) is 2. The summed E-state index contributed by atoms with van der Waals surface area (Å²) in [5.74, 6) is 2.04. The highest BCUT2D eigenvalue weighted by Gasteiger charge is 2.22. The second-order valence-corrected chi connectivity index (χ2v) is 11.6. The summed E-state index contributed by atoms with van der Waals surface area (Å²) < 4.78 is 11.3. The topological polar surface area (TPSA) is 109 Å². The molecule has 1 aliphatic heterocycles. The number of amides is 1. The fourth-order valence-electron chi connectivity index (χ4n) is 6.67. The molecule has 224 valence electrons. The van der Waals surface area contributed by atoms with E-state index >= 15 is 0 Å². The highest BCUT2D eigenvalue weighted by molar-refractivity contribution is 6.17. The van der Waals surface area contributed by atoms with Gasteiger partial charge in [-0.25, -0.2) is 9.97 Å². The van der Waals surface area contributed by atoms with E-state index in [9.17, 15) is 4.79 Å². The lowest BCUT2D eigenvalue weighted by molar-refractivity contribution is 0.0948. The zero-order chi connectivity index (χ0) is 30.4. The molecule has 0 aliphatic carbocycles. The molecule has 3 aromatic heterocycles. The van der Waals surface area contributed by atoms with E-state index in [1.54, 1.807) is 7.11 Å². The molecule has 9 nitrogen and oxygen atoms in total. The normalized spacial score (nSPS) is 14.1. The summed E-state index contributed by atoms with van der Waals surface area (Å²) in [6.45, 7) is 9.47. The number of nitrogens with one attached hydrogen (secondary N) is 2. The number of fused-ring (bicyclic) bond motifs is 4. The molecule has 6 aromatic rings. The Bertz CT molecular complexity index is 2020. The fraction of sp³-hybridized carbons (Fsp3) is 0.314. The second-order valence-electron chi connectivity index (χ2n) is 11.6. The van der Waals surface area contributed by atoms with E-state index in [1.807, 2.05) is 57.2 Å². The molecule has 1 aliphatic rings. The number of carbonyl (C=O) groups is 1. The number of aromatic amines is 1. The van der Waals surface area contributed by atoms with E-state index in [-0.39, 0.29) is 5.91 Å². The molecule has 0 spiro atoms.